The Morgan fingerprint density at radius 3 is 2.60 bits per heavy atom. The highest BCUT2D eigenvalue weighted by Crippen LogP contribution is 2.34. The first-order chi connectivity index (χ1) is 9.51. The van der Waals surface area contributed by atoms with Gasteiger partial charge in [-0.2, -0.15) is 0 Å². The van der Waals surface area contributed by atoms with Crippen molar-refractivity contribution in [2.45, 2.75) is 45.1 Å². The Morgan fingerprint density at radius 2 is 2.05 bits per heavy atom. The zero-order chi connectivity index (χ0) is 14.7. The van der Waals surface area contributed by atoms with Crippen molar-refractivity contribution in [1.82, 2.24) is 0 Å². The lowest BCUT2D eigenvalue weighted by atomic mass is 9.84. The minimum atomic E-state index is -0.637. The van der Waals surface area contributed by atoms with Gasteiger partial charge in [-0.25, -0.2) is 4.39 Å². The van der Waals surface area contributed by atoms with Crippen LogP contribution in [-0.2, 0) is 0 Å². The van der Waals surface area contributed by atoms with Gasteiger partial charge in [-0.05, 0) is 31.6 Å². The molecule has 1 N–H and O–H groups in total. The number of anilines is 1. The Hall–Kier alpha value is -1.36. The van der Waals surface area contributed by atoms with Gasteiger partial charge in [-0.3, -0.25) is 10.1 Å². The van der Waals surface area contributed by atoms with Crippen molar-refractivity contribution in [1.29, 1.82) is 0 Å². The van der Waals surface area contributed by atoms with E-state index in [1.165, 1.54) is 6.42 Å². The van der Waals surface area contributed by atoms with E-state index >= 15 is 0 Å². The van der Waals surface area contributed by atoms with Gasteiger partial charge in [0.15, 0.2) is 0 Å². The van der Waals surface area contributed by atoms with E-state index in [1.54, 1.807) is 0 Å². The lowest BCUT2D eigenvalue weighted by molar-refractivity contribution is -0.384. The molecule has 4 nitrogen and oxygen atoms in total. The summed E-state index contributed by atoms with van der Waals surface area (Å²) in [5, 5.41) is 13.9. The molecule has 110 valence electrons. The maximum Gasteiger partial charge on any atom is 0.294 e. The molecule has 1 aromatic carbocycles. The van der Waals surface area contributed by atoms with Gasteiger partial charge in [0.1, 0.15) is 11.5 Å². The standard InChI is InChI=1S/C14H18ClFN2O2/c1-2-9-3-5-10(6-4-9)17-13-8-12(16)11(15)7-14(13)18(19)20/h7-10,17H,2-6H2,1H3. The maximum absolute atomic E-state index is 13.5. The third-order valence-electron chi connectivity index (χ3n) is 4.02. The molecule has 1 aliphatic carbocycles. The van der Waals surface area contributed by atoms with Crippen LogP contribution in [0.3, 0.4) is 0 Å². The number of nitrogens with one attached hydrogen (secondary N) is 1. The van der Waals surface area contributed by atoms with Crippen LogP contribution in [0.4, 0.5) is 15.8 Å². The Morgan fingerprint density at radius 1 is 1.40 bits per heavy atom. The molecule has 0 atom stereocenters. The molecule has 20 heavy (non-hydrogen) atoms. The molecule has 0 heterocycles. The van der Waals surface area contributed by atoms with E-state index in [4.69, 9.17) is 11.6 Å². The van der Waals surface area contributed by atoms with Crippen LogP contribution in [0.25, 0.3) is 0 Å². The van der Waals surface area contributed by atoms with Crippen molar-refractivity contribution in [2.24, 2.45) is 5.92 Å². The number of benzene rings is 1. The fourth-order valence-electron chi connectivity index (χ4n) is 2.74. The van der Waals surface area contributed by atoms with Crippen LogP contribution >= 0.6 is 11.6 Å². The lowest BCUT2D eigenvalue weighted by Crippen LogP contribution is -2.26. The van der Waals surface area contributed by atoms with Crippen molar-refractivity contribution in [3.63, 3.8) is 0 Å². The summed E-state index contributed by atoms with van der Waals surface area (Å²) in [4.78, 5) is 10.5. The van der Waals surface area contributed by atoms with E-state index in [2.05, 4.69) is 12.2 Å². The van der Waals surface area contributed by atoms with Gasteiger partial charge in [-0.1, -0.05) is 24.9 Å². The highest BCUT2D eigenvalue weighted by Gasteiger charge is 2.24. The molecule has 0 saturated heterocycles. The molecule has 0 amide bonds. The van der Waals surface area contributed by atoms with Crippen LogP contribution in [0.2, 0.25) is 5.02 Å². The number of halogens is 2. The van der Waals surface area contributed by atoms with Crippen molar-refractivity contribution < 1.29 is 9.31 Å². The van der Waals surface area contributed by atoms with E-state index in [-0.39, 0.29) is 22.4 Å². The molecule has 0 aromatic heterocycles. The van der Waals surface area contributed by atoms with Crippen molar-refractivity contribution in [3.05, 3.63) is 33.1 Å². The van der Waals surface area contributed by atoms with Gasteiger partial charge in [0.25, 0.3) is 5.69 Å². The minimum absolute atomic E-state index is 0.164. The number of nitro groups is 1. The zero-order valence-electron chi connectivity index (χ0n) is 11.4. The highest BCUT2D eigenvalue weighted by molar-refractivity contribution is 6.31. The first-order valence-electron chi connectivity index (χ1n) is 6.91. The third-order valence-corrected chi connectivity index (χ3v) is 4.31. The topological polar surface area (TPSA) is 55.2 Å². The van der Waals surface area contributed by atoms with Crippen molar-refractivity contribution in [2.75, 3.05) is 5.32 Å². The second kappa shape index (κ2) is 6.39. The van der Waals surface area contributed by atoms with Crippen LogP contribution in [-0.4, -0.2) is 11.0 Å². The van der Waals surface area contributed by atoms with Crippen molar-refractivity contribution >= 4 is 23.0 Å². The fourth-order valence-corrected chi connectivity index (χ4v) is 2.90. The van der Waals surface area contributed by atoms with E-state index in [0.29, 0.717) is 0 Å². The Bertz CT molecular complexity index is 502. The van der Waals surface area contributed by atoms with E-state index in [1.807, 2.05) is 0 Å². The number of nitro benzene ring substituents is 1. The van der Waals surface area contributed by atoms with E-state index in [0.717, 1.165) is 43.7 Å². The number of hydrogen-bond donors (Lipinski definition) is 1. The summed E-state index contributed by atoms with van der Waals surface area (Å²) >= 11 is 5.60. The molecule has 1 aliphatic rings. The predicted molar refractivity (Wildman–Crippen MR) is 77.7 cm³/mol. The Labute approximate surface area is 122 Å². The van der Waals surface area contributed by atoms with Gasteiger partial charge < -0.3 is 5.32 Å². The summed E-state index contributed by atoms with van der Waals surface area (Å²) in [7, 11) is 0. The van der Waals surface area contributed by atoms with Gasteiger partial charge >= 0.3 is 0 Å². The quantitative estimate of drug-likeness (QED) is 0.644. The van der Waals surface area contributed by atoms with Gasteiger partial charge in [0, 0.05) is 18.2 Å². The van der Waals surface area contributed by atoms with Gasteiger partial charge in [-0.15, -0.1) is 0 Å². The summed E-state index contributed by atoms with van der Waals surface area (Å²) in [5.74, 6) is 0.104. The van der Waals surface area contributed by atoms with E-state index < -0.39 is 10.7 Å². The highest BCUT2D eigenvalue weighted by atomic mass is 35.5. The maximum atomic E-state index is 13.5. The molecule has 0 unspecified atom stereocenters. The average molecular weight is 301 g/mol. The first kappa shape index (κ1) is 15.0. The molecule has 0 radical (unpaired) electrons. The molecule has 0 bridgehead atoms. The van der Waals surface area contributed by atoms with Crippen molar-refractivity contribution in [3.8, 4) is 0 Å². The summed E-state index contributed by atoms with van der Waals surface area (Å²) in [5.41, 5.74) is 0.0471. The summed E-state index contributed by atoms with van der Waals surface area (Å²) in [6.45, 7) is 2.18. The molecular weight excluding hydrogens is 283 g/mol. The average Bonchev–Trinajstić information content (AvgIpc) is 2.43. The fraction of sp³-hybridized carbons (Fsp3) is 0.571. The van der Waals surface area contributed by atoms with Gasteiger partial charge in [0.2, 0.25) is 0 Å². The number of rotatable bonds is 4. The van der Waals surface area contributed by atoms with Gasteiger partial charge in [0.05, 0.1) is 9.95 Å². The SMILES string of the molecule is CCC1CCC(Nc2cc(F)c(Cl)cc2[N+](=O)[O-])CC1. The minimum Gasteiger partial charge on any atom is -0.377 e. The Balaban J connectivity index is 2.13. The number of hydrogen-bond acceptors (Lipinski definition) is 3. The lowest BCUT2D eigenvalue weighted by Gasteiger charge is -2.29. The smallest absolute Gasteiger partial charge is 0.294 e. The van der Waals surface area contributed by atoms with Crippen LogP contribution in [0.5, 0.6) is 0 Å². The second-order valence-electron chi connectivity index (χ2n) is 5.31. The molecule has 0 spiro atoms. The molecule has 1 saturated carbocycles. The van der Waals surface area contributed by atoms with E-state index in [9.17, 15) is 14.5 Å². The van der Waals surface area contributed by atoms with Crippen LogP contribution in [0.15, 0.2) is 12.1 Å². The third kappa shape index (κ3) is 3.39. The molecule has 1 aromatic rings. The molecule has 6 heteroatoms. The normalized spacial score (nSPS) is 22.6. The van der Waals surface area contributed by atoms with Crippen LogP contribution < -0.4 is 5.32 Å². The number of nitrogens with zero attached hydrogens (tertiary/aromatic N) is 1. The first-order valence-corrected chi connectivity index (χ1v) is 7.29. The molecule has 0 aliphatic heterocycles. The Kier molecular flexibility index (Phi) is 4.81. The second-order valence-corrected chi connectivity index (χ2v) is 5.72. The molecule has 2 rings (SSSR count). The molecule has 1 fully saturated rings. The summed E-state index contributed by atoms with van der Waals surface area (Å²) in [6.07, 6.45) is 5.30. The summed E-state index contributed by atoms with van der Waals surface area (Å²) in [6, 6.07) is 2.35. The van der Waals surface area contributed by atoms with Crippen LogP contribution in [0.1, 0.15) is 39.0 Å². The molecular formula is C14H18ClFN2O2. The van der Waals surface area contributed by atoms with Crippen LogP contribution in [0, 0.1) is 21.8 Å². The predicted octanol–water partition coefficient (Wildman–Crippen LogP) is 4.77. The monoisotopic (exact) mass is 300 g/mol. The zero-order valence-corrected chi connectivity index (χ0v) is 12.1. The largest absolute Gasteiger partial charge is 0.377 e. The summed E-state index contributed by atoms with van der Waals surface area (Å²) < 4.78 is 13.5.